The fourth-order valence-electron chi connectivity index (χ4n) is 2.04. The smallest absolute Gasteiger partial charge is 0.264 e. The Bertz CT molecular complexity index is 1000. The highest BCUT2D eigenvalue weighted by atomic mass is 35.5. The molecular formula is C16H15Cl2N7OS2. The van der Waals surface area contributed by atoms with E-state index in [-0.39, 0.29) is 22.6 Å². The van der Waals surface area contributed by atoms with E-state index < -0.39 is 0 Å². The first kappa shape index (κ1) is 20.5. The van der Waals surface area contributed by atoms with Crippen molar-refractivity contribution >= 4 is 69.6 Å². The summed E-state index contributed by atoms with van der Waals surface area (Å²) >= 11 is 14.7. The van der Waals surface area contributed by atoms with Crippen LogP contribution in [0.2, 0.25) is 10.0 Å². The Morgan fingerprint density at radius 3 is 2.89 bits per heavy atom. The van der Waals surface area contributed by atoms with Gasteiger partial charge in [0.1, 0.15) is 0 Å². The molecule has 0 fully saturated rings. The molecule has 0 saturated carbocycles. The van der Waals surface area contributed by atoms with Gasteiger partial charge in [0.15, 0.2) is 0 Å². The fraction of sp³-hybridized carbons (Fsp3) is 0.125. The first-order valence-corrected chi connectivity index (χ1v) is 10.5. The van der Waals surface area contributed by atoms with Crippen LogP contribution in [-0.4, -0.2) is 32.2 Å². The Labute approximate surface area is 179 Å². The number of hydrazone groups is 1. The lowest BCUT2D eigenvalue weighted by molar-refractivity contribution is -0.113. The SMILES string of the molecule is C/C(=N\Nc1nnc(SCC(=O)Nc2cccc(Cl)c2Cl)n1N)c1cccs1. The van der Waals surface area contributed by atoms with E-state index in [1.807, 2.05) is 24.4 Å². The van der Waals surface area contributed by atoms with Crippen LogP contribution in [-0.2, 0) is 4.79 Å². The van der Waals surface area contributed by atoms with Crippen molar-refractivity contribution < 1.29 is 4.79 Å². The van der Waals surface area contributed by atoms with Gasteiger partial charge in [-0.3, -0.25) is 4.79 Å². The number of amides is 1. The van der Waals surface area contributed by atoms with Gasteiger partial charge in [-0.25, -0.2) is 10.1 Å². The summed E-state index contributed by atoms with van der Waals surface area (Å²) in [6.45, 7) is 1.87. The third-order valence-corrected chi connectivity index (χ3v) is 6.16. The van der Waals surface area contributed by atoms with E-state index in [0.717, 1.165) is 22.4 Å². The summed E-state index contributed by atoms with van der Waals surface area (Å²) in [6, 6.07) is 8.91. The first-order valence-electron chi connectivity index (χ1n) is 7.87. The van der Waals surface area contributed by atoms with Gasteiger partial charge in [0.25, 0.3) is 5.95 Å². The van der Waals surface area contributed by atoms with Crippen LogP contribution in [0.5, 0.6) is 0 Å². The molecule has 0 aliphatic carbocycles. The van der Waals surface area contributed by atoms with E-state index in [4.69, 9.17) is 29.0 Å². The maximum absolute atomic E-state index is 12.1. The van der Waals surface area contributed by atoms with Gasteiger partial charge in [0.2, 0.25) is 11.1 Å². The number of nitrogen functional groups attached to an aromatic ring is 1. The monoisotopic (exact) mass is 455 g/mol. The molecule has 0 saturated heterocycles. The number of hydrogen-bond acceptors (Lipinski definition) is 8. The Morgan fingerprint density at radius 1 is 1.32 bits per heavy atom. The second kappa shape index (κ2) is 9.28. The molecule has 1 aromatic carbocycles. The van der Waals surface area contributed by atoms with E-state index >= 15 is 0 Å². The number of rotatable bonds is 7. The predicted molar refractivity (Wildman–Crippen MR) is 116 cm³/mol. The molecule has 3 rings (SSSR count). The zero-order valence-electron chi connectivity index (χ0n) is 14.5. The molecule has 12 heteroatoms. The Kier molecular flexibility index (Phi) is 6.79. The molecule has 0 radical (unpaired) electrons. The van der Waals surface area contributed by atoms with Crippen LogP contribution in [0.15, 0.2) is 46.0 Å². The molecule has 146 valence electrons. The fourth-order valence-corrected chi connectivity index (χ4v) is 3.72. The molecule has 2 heterocycles. The number of nitrogens with two attached hydrogens (primary N) is 1. The lowest BCUT2D eigenvalue weighted by Crippen LogP contribution is -2.17. The Hall–Kier alpha value is -2.27. The van der Waals surface area contributed by atoms with E-state index in [0.29, 0.717) is 15.9 Å². The highest BCUT2D eigenvalue weighted by Gasteiger charge is 2.13. The maximum Gasteiger partial charge on any atom is 0.264 e. The van der Waals surface area contributed by atoms with Crippen LogP contribution in [0, 0.1) is 0 Å². The number of hydrogen-bond donors (Lipinski definition) is 3. The average molecular weight is 456 g/mol. The van der Waals surface area contributed by atoms with Crippen LogP contribution in [0.25, 0.3) is 0 Å². The molecular weight excluding hydrogens is 441 g/mol. The molecule has 0 unspecified atom stereocenters. The number of aromatic nitrogens is 3. The largest absolute Gasteiger partial charge is 0.334 e. The van der Waals surface area contributed by atoms with Crippen LogP contribution in [0.1, 0.15) is 11.8 Å². The minimum Gasteiger partial charge on any atom is -0.334 e. The molecule has 0 bridgehead atoms. The number of thiophene rings is 1. The van der Waals surface area contributed by atoms with Crippen molar-refractivity contribution in [2.24, 2.45) is 5.10 Å². The topological polar surface area (TPSA) is 110 Å². The van der Waals surface area contributed by atoms with Crippen molar-refractivity contribution in [3.8, 4) is 0 Å². The second-order valence-electron chi connectivity index (χ2n) is 5.40. The normalized spacial score (nSPS) is 11.5. The van der Waals surface area contributed by atoms with Crippen LogP contribution < -0.4 is 16.6 Å². The van der Waals surface area contributed by atoms with Crippen LogP contribution in [0.3, 0.4) is 0 Å². The van der Waals surface area contributed by atoms with Crippen LogP contribution in [0.4, 0.5) is 11.6 Å². The van der Waals surface area contributed by atoms with E-state index in [1.54, 1.807) is 29.5 Å². The molecule has 4 N–H and O–H groups in total. The van der Waals surface area contributed by atoms with Gasteiger partial charge in [-0.15, -0.1) is 21.5 Å². The number of nitrogens with zero attached hydrogens (tertiary/aromatic N) is 4. The third kappa shape index (κ3) is 4.96. The Balaban J connectivity index is 1.57. The van der Waals surface area contributed by atoms with Gasteiger partial charge in [-0.05, 0) is 30.5 Å². The van der Waals surface area contributed by atoms with Gasteiger partial charge in [-0.2, -0.15) is 5.10 Å². The number of benzene rings is 1. The van der Waals surface area contributed by atoms with E-state index in [2.05, 4.69) is 26.0 Å². The molecule has 0 aliphatic rings. The summed E-state index contributed by atoms with van der Waals surface area (Å²) in [7, 11) is 0. The third-order valence-electron chi connectivity index (χ3n) is 3.42. The molecule has 0 aliphatic heterocycles. The molecule has 2 aromatic heterocycles. The molecule has 28 heavy (non-hydrogen) atoms. The highest BCUT2D eigenvalue weighted by molar-refractivity contribution is 7.99. The number of halogens is 2. The van der Waals surface area contributed by atoms with Crippen molar-refractivity contribution in [1.29, 1.82) is 0 Å². The lowest BCUT2D eigenvalue weighted by atomic mass is 10.3. The summed E-state index contributed by atoms with van der Waals surface area (Å²) in [5.41, 5.74) is 4.01. The summed E-state index contributed by atoms with van der Waals surface area (Å²) in [4.78, 5) is 13.2. The number of thioether (sulfide) groups is 1. The zero-order chi connectivity index (χ0) is 20.1. The van der Waals surface area contributed by atoms with Gasteiger partial charge in [-0.1, -0.05) is 47.1 Å². The van der Waals surface area contributed by atoms with Crippen LogP contribution >= 0.6 is 46.3 Å². The first-order chi connectivity index (χ1) is 13.5. The molecule has 0 spiro atoms. The lowest BCUT2D eigenvalue weighted by Gasteiger charge is -2.08. The summed E-state index contributed by atoms with van der Waals surface area (Å²) in [5.74, 6) is 6.01. The van der Waals surface area contributed by atoms with Gasteiger partial charge < -0.3 is 11.2 Å². The number of carbonyl (C=O) groups is 1. The standard InChI is InChI=1S/C16H15Cl2N7OS2/c1-9(12-6-3-7-27-12)21-22-15-23-24-16(25(15)19)28-8-13(26)20-11-5-2-4-10(17)14(11)18/h2-7H,8,19H2,1H3,(H,20,26)(H,22,23)/b21-9+. The number of anilines is 2. The summed E-state index contributed by atoms with van der Waals surface area (Å²) in [6.07, 6.45) is 0. The average Bonchev–Trinajstić information content (AvgIpc) is 3.32. The molecule has 1 amide bonds. The van der Waals surface area contributed by atoms with Gasteiger partial charge >= 0.3 is 0 Å². The predicted octanol–water partition coefficient (Wildman–Crippen LogP) is 3.93. The van der Waals surface area contributed by atoms with Crippen molar-refractivity contribution in [2.75, 3.05) is 22.3 Å². The molecule has 0 atom stereocenters. The van der Waals surface area contributed by atoms with Crippen molar-refractivity contribution in [2.45, 2.75) is 12.1 Å². The van der Waals surface area contributed by atoms with Crippen molar-refractivity contribution in [3.05, 3.63) is 50.6 Å². The minimum absolute atomic E-state index is 0.0651. The maximum atomic E-state index is 12.1. The van der Waals surface area contributed by atoms with Gasteiger partial charge in [0, 0.05) is 4.88 Å². The minimum atomic E-state index is -0.279. The molecule has 8 nitrogen and oxygen atoms in total. The van der Waals surface area contributed by atoms with Gasteiger partial charge in [0.05, 0.1) is 27.2 Å². The van der Waals surface area contributed by atoms with Crippen molar-refractivity contribution in [1.82, 2.24) is 14.9 Å². The second-order valence-corrected chi connectivity index (χ2v) is 8.08. The molecule has 3 aromatic rings. The van der Waals surface area contributed by atoms with Crippen molar-refractivity contribution in [3.63, 3.8) is 0 Å². The number of nitrogens with one attached hydrogen (secondary N) is 2. The number of carbonyl (C=O) groups excluding carboxylic acids is 1. The summed E-state index contributed by atoms with van der Waals surface area (Å²) < 4.78 is 1.23. The Morgan fingerprint density at radius 2 is 2.14 bits per heavy atom. The highest BCUT2D eigenvalue weighted by Crippen LogP contribution is 2.29. The van der Waals surface area contributed by atoms with E-state index in [9.17, 15) is 4.79 Å². The quantitative estimate of drug-likeness (QED) is 0.215. The summed E-state index contributed by atoms with van der Waals surface area (Å²) in [5, 5.41) is 17.8. The van der Waals surface area contributed by atoms with E-state index in [1.165, 1.54) is 4.68 Å². The zero-order valence-corrected chi connectivity index (χ0v) is 17.7.